The zero-order valence-electron chi connectivity index (χ0n) is 16.4. The molecule has 0 aromatic heterocycles. The molecule has 0 bridgehead atoms. The van der Waals surface area contributed by atoms with Crippen LogP contribution in [0.15, 0.2) is 53.4 Å². The molecule has 1 saturated heterocycles. The van der Waals surface area contributed by atoms with Gasteiger partial charge in [0.15, 0.2) is 0 Å². The van der Waals surface area contributed by atoms with Gasteiger partial charge in [0.05, 0.1) is 10.6 Å². The molecule has 0 unspecified atom stereocenters. The highest BCUT2D eigenvalue weighted by Crippen LogP contribution is 2.22. The van der Waals surface area contributed by atoms with Crippen molar-refractivity contribution in [1.82, 2.24) is 9.62 Å². The van der Waals surface area contributed by atoms with E-state index in [2.05, 4.69) is 16.0 Å². The summed E-state index contributed by atoms with van der Waals surface area (Å²) >= 11 is 0. The first-order chi connectivity index (χ1) is 14.3. The predicted octanol–water partition coefficient (Wildman–Crippen LogP) is 2.76. The fourth-order valence-electron chi connectivity index (χ4n) is 3.21. The van der Waals surface area contributed by atoms with E-state index >= 15 is 0 Å². The fourth-order valence-corrected chi connectivity index (χ4v) is 4.68. The number of sulfonamides is 1. The Balaban J connectivity index is 1.54. The number of carbonyl (C=O) groups excluding carboxylic acids is 2. The zero-order chi connectivity index (χ0) is 21.7. The zero-order valence-corrected chi connectivity index (χ0v) is 17.2. The SMILES string of the molecule is CC(=O)Nc1ccc(S(=O)(=O)N2CCC(NC(=O)Nc3ccccc3F)CC2)cc1. The van der Waals surface area contributed by atoms with Crippen molar-refractivity contribution in [2.45, 2.75) is 30.7 Å². The Hall–Kier alpha value is -2.98. The van der Waals surface area contributed by atoms with Gasteiger partial charge in [-0.3, -0.25) is 4.79 Å². The molecule has 10 heteroatoms. The quantitative estimate of drug-likeness (QED) is 0.673. The predicted molar refractivity (Wildman–Crippen MR) is 111 cm³/mol. The summed E-state index contributed by atoms with van der Waals surface area (Å²) < 4.78 is 40.6. The molecule has 0 radical (unpaired) electrons. The van der Waals surface area contributed by atoms with Crippen LogP contribution in [0.3, 0.4) is 0 Å². The van der Waals surface area contributed by atoms with Gasteiger partial charge < -0.3 is 16.0 Å². The monoisotopic (exact) mass is 434 g/mol. The van der Waals surface area contributed by atoms with Crippen molar-refractivity contribution in [3.63, 3.8) is 0 Å². The van der Waals surface area contributed by atoms with E-state index in [0.717, 1.165) is 0 Å². The van der Waals surface area contributed by atoms with Gasteiger partial charge in [-0.2, -0.15) is 4.31 Å². The molecule has 30 heavy (non-hydrogen) atoms. The van der Waals surface area contributed by atoms with Crippen molar-refractivity contribution in [1.29, 1.82) is 0 Å². The first-order valence-corrected chi connectivity index (χ1v) is 10.9. The Labute approximate surface area is 174 Å². The summed E-state index contributed by atoms with van der Waals surface area (Å²) in [6.45, 7) is 1.88. The number of anilines is 2. The van der Waals surface area contributed by atoms with Crippen LogP contribution in [0.4, 0.5) is 20.6 Å². The third-order valence-electron chi connectivity index (χ3n) is 4.72. The Morgan fingerprint density at radius 3 is 2.23 bits per heavy atom. The Morgan fingerprint density at radius 1 is 1.00 bits per heavy atom. The van der Waals surface area contributed by atoms with Gasteiger partial charge in [-0.1, -0.05) is 12.1 Å². The van der Waals surface area contributed by atoms with Crippen LogP contribution in [-0.4, -0.2) is 43.8 Å². The lowest BCUT2D eigenvalue weighted by Gasteiger charge is -2.31. The molecule has 3 rings (SSSR count). The molecule has 2 aromatic carbocycles. The van der Waals surface area contributed by atoms with E-state index in [4.69, 9.17) is 0 Å². The van der Waals surface area contributed by atoms with Gasteiger partial charge >= 0.3 is 6.03 Å². The van der Waals surface area contributed by atoms with Crippen LogP contribution in [0.5, 0.6) is 0 Å². The molecular weight excluding hydrogens is 411 g/mol. The van der Waals surface area contributed by atoms with Crippen LogP contribution >= 0.6 is 0 Å². The minimum absolute atomic E-state index is 0.0812. The van der Waals surface area contributed by atoms with E-state index in [-0.39, 0.29) is 35.6 Å². The second-order valence-electron chi connectivity index (χ2n) is 6.96. The molecule has 8 nitrogen and oxygen atoms in total. The van der Waals surface area contributed by atoms with Gasteiger partial charge in [0.25, 0.3) is 0 Å². The lowest BCUT2D eigenvalue weighted by Crippen LogP contribution is -2.47. The highest BCUT2D eigenvalue weighted by Gasteiger charge is 2.30. The maximum atomic E-state index is 13.6. The Bertz CT molecular complexity index is 1020. The molecule has 0 saturated carbocycles. The normalized spacial score (nSPS) is 15.4. The summed E-state index contributed by atoms with van der Waals surface area (Å²) in [4.78, 5) is 23.3. The van der Waals surface area contributed by atoms with Crippen LogP contribution in [0, 0.1) is 5.82 Å². The Kier molecular flexibility index (Phi) is 6.68. The molecule has 2 aromatic rings. The second kappa shape index (κ2) is 9.23. The highest BCUT2D eigenvalue weighted by atomic mass is 32.2. The average Bonchev–Trinajstić information content (AvgIpc) is 2.70. The van der Waals surface area contributed by atoms with Gasteiger partial charge in [0, 0.05) is 31.7 Å². The number of carbonyl (C=O) groups is 2. The summed E-state index contributed by atoms with van der Waals surface area (Å²) in [6.07, 6.45) is 0.877. The molecule has 0 aliphatic carbocycles. The van der Waals surface area contributed by atoms with E-state index in [9.17, 15) is 22.4 Å². The van der Waals surface area contributed by atoms with E-state index in [1.807, 2.05) is 0 Å². The number of nitrogens with zero attached hydrogens (tertiary/aromatic N) is 1. The molecule has 3 amide bonds. The van der Waals surface area contributed by atoms with E-state index in [0.29, 0.717) is 18.5 Å². The number of para-hydroxylation sites is 1. The van der Waals surface area contributed by atoms with Gasteiger partial charge in [0.1, 0.15) is 5.82 Å². The average molecular weight is 434 g/mol. The number of rotatable bonds is 5. The molecular formula is C20H23FN4O4S. The Morgan fingerprint density at radius 2 is 1.63 bits per heavy atom. The van der Waals surface area contributed by atoms with Crippen LogP contribution < -0.4 is 16.0 Å². The molecule has 0 atom stereocenters. The highest BCUT2D eigenvalue weighted by molar-refractivity contribution is 7.89. The lowest BCUT2D eigenvalue weighted by atomic mass is 10.1. The summed E-state index contributed by atoms with van der Waals surface area (Å²) in [5, 5.41) is 7.80. The van der Waals surface area contributed by atoms with E-state index in [1.165, 1.54) is 53.7 Å². The minimum Gasteiger partial charge on any atom is -0.335 e. The molecule has 3 N–H and O–H groups in total. The smallest absolute Gasteiger partial charge is 0.319 e. The standard InChI is InChI=1S/C20H23FN4O4S/c1-14(26)22-15-6-8-17(9-7-15)30(28,29)25-12-10-16(11-13-25)23-20(27)24-19-5-3-2-4-18(19)21/h2-9,16H,10-13H2,1H3,(H,22,26)(H2,23,24,27). The van der Waals surface area contributed by atoms with E-state index < -0.39 is 21.9 Å². The minimum atomic E-state index is -3.67. The van der Waals surface area contributed by atoms with Crippen LogP contribution in [0.2, 0.25) is 0 Å². The molecule has 1 fully saturated rings. The van der Waals surface area contributed by atoms with Crippen molar-refractivity contribution < 1.29 is 22.4 Å². The third-order valence-corrected chi connectivity index (χ3v) is 6.64. The lowest BCUT2D eigenvalue weighted by molar-refractivity contribution is -0.114. The number of benzene rings is 2. The maximum Gasteiger partial charge on any atom is 0.319 e. The topological polar surface area (TPSA) is 108 Å². The van der Waals surface area contributed by atoms with Gasteiger partial charge in [0.2, 0.25) is 15.9 Å². The number of hydrogen-bond donors (Lipinski definition) is 3. The number of amides is 3. The first kappa shape index (κ1) is 21.7. The first-order valence-electron chi connectivity index (χ1n) is 9.45. The van der Waals surface area contributed by atoms with Crippen molar-refractivity contribution in [2.75, 3.05) is 23.7 Å². The third kappa shape index (κ3) is 5.33. The molecule has 1 heterocycles. The van der Waals surface area contributed by atoms with Crippen molar-refractivity contribution in [3.8, 4) is 0 Å². The van der Waals surface area contributed by atoms with Gasteiger partial charge in [-0.25, -0.2) is 17.6 Å². The summed E-state index contributed by atoms with van der Waals surface area (Å²) in [5.74, 6) is -0.766. The largest absolute Gasteiger partial charge is 0.335 e. The van der Waals surface area contributed by atoms with Crippen molar-refractivity contribution >= 4 is 33.3 Å². The number of piperidine rings is 1. The van der Waals surface area contributed by atoms with Crippen LogP contribution in [-0.2, 0) is 14.8 Å². The summed E-state index contributed by atoms with van der Waals surface area (Å²) in [7, 11) is -3.67. The van der Waals surface area contributed by atoms with Crippen molar-refractivity contribution in [3.05, 3.63) is 54.3 Å². The van der Waals surface area contributed by atoms with E-state index in [1.54, 1.807) is 6.07 Å². The van der Waals surface area contributed by atoms with Crippen LogP contribution in [0.1, 0.15) is 19.8 Å². The molecule has 0 spiro atoms. The number of urea groups is 1. The second-order valence-corrected chi connectivity index (χ2v) is 8.90. The molecule has 160 valence electrons. The number of halogens is 1. The maximum absolute atomic E-state index is 13.6. The van der Waals surface area contributed by atoms with Gasteiger partial charge in [-0.05, 0) is 49.2 Å². The van der Waals surface area contributed by atoms with Crippen LogP contribution in [0.25, 0.3) is 0 Å². The molecule has 1 aliphatic rings. The van der Waals surface area contributed by atoms with Gasteiger partial charge in [-0.15, -0.1) is 0 Å². The fraction of sp³-hybridized carbons (Fsp3) is 0.300. The number of nitrogens with one attached hydrogen (secondary N) is 3. The number of hydrogen-bond acceptors (Lipinski definition) is 4. The summed E-state index contributed by atoms with van der Waals surface area (Å²) in [6, 6.07) is 11.1. The molecule has 1 aliphatic heterocycles. The van der Waals surface area contributed by atoms with Crippen molar-refractivity contribution in [2.24, 2.45) is 0 Å². The summed E-state index contributed by atoms with van der Waals surface area (Å²) in [5.41, 5.74) is 0.600.